The van der Waals surface area contributed by atoms with Gasteiger partial charge in [0.2, 0.25) is 0 Å². The number of halogens is 1. The van der Waals surface area contributed by atoms with Gasteiger partial charge in [0.1, 0.15) is 17.4 Å². The van der Waals surface area contributed by atoms with Crippen molar-refractivity contribution >= 4 is 17.5 Å². The van der Waals surface area contributed by atoms with Gasteiger partial charge in [0.15, 0.2) is 11.7 Å². The molecule has 3 aliphatic rings. The highest BCUT2D eigenvalue weighted by atomic mass is 19.1. The fourth-order valence-corrected chi connectivity index (χ4v) is 5.17. The number of Topliss-reactive ketones (excluding diaryl/α,β-unsaturated/α-hetero) is 1. The number of allylic oxidation sites excluding steroid dienone is 3. The zero-order valence-corrected chi connectivity index (χ0v) is 20.7. The molecule has 36 heavy (non-hydrogen) atoms. The van der Waals surface area contributed by atoms with Crippen LogP contribution in [0.1, 0.15) is 25.2 Å². The Morgan fingerprint density at radius 2 is 1.89 bits per heavy atom. The van der Waals surface area contributed by atoms with E-state index in [1.54, 1.807) is 31.2 Å². The first-order valence-corrected chi connectivity index (χ1v) is 12.4. The maximum atomic E-state index is 13.4. The number of carbonyl (C=O) groups excluding carboxylic acids is 2. The summed E-state index contributed by atoms with van der Waals surface area (Å²) in [5, 5.41) is 0. The molecule has 8 nitrogen and oxygen atoms in total. The Hall–Kier alpha value is -3.62. The lowest BCUT2D eigenvalue weighted by Crippen LogP contribution is -2.55. The summed E-state index contributed by atoms with van der Waals surface area (Å²) >= 11 is 0. The summed E-state index contributed by atoms with van der Waals surface area (Å²) in [6.07, 6.45) is 6.07. The number of amides is 2. The fourth-order valence-electron chi connectivity index (χ4n) is 5.17. The van der Waals surface area contributed by atoms with E-state index in [0.29, 0.717) is 75.9 Å². The minimum atomic E-state index is -0.326. The molecule has 1 aliphatic carbocycles. The van der Waals surface area contributed by atoms with E-state index in [0.717, 1.165) is 16.8 Å². The van der Waals surface area contributed by atoms with Crippen LogP contribution in [0.15, 0.2) is 52.4 Å². The van der Waals surface area contributed by atoms with Crippen LogP contribution in [0.4, 0.5) is 14.9 Å². The monoisotopic (exact) mass is 494 g/mol. The van der Waals surface area contributed by atoms with Crippen LogP contribution < -0.4 is 9.64 Å². The molecule has 0 radical (unpaired) electrons. The van der Waals surface area contributed by atoms with Gasteiger partial charge in [-0.25, -0.2) is 14.2 Å². The van der Waals surface area contributed by atoms with Crippen molar-refractivity contribution in [2.24, 2.45) is 5.92 Å². The molecule has 0 saturated carbocycles. The maximum Gasteiger partial charge on any atom is 0.320 e. The van der Waals surface area contributed by atoms with E-state index in [2.05, 4.69) is 9.88 Å². The van der Waals surface area contributed by atoms with Crippen LogP contribution >= 0.6 is 0 Å². The van der Waals surface area contributed by atoms with Gasteiger partial charge in [-0.2, -0.15) is 0 Å². The Bertz CT molecular complexity index is 1210. The molecule has 1 aromatic carbocycles. The summed E-state index contributed by atoms with van der Waals surface area (Å²) in [6.45, 7) is 5.19. The summed E-state index contributed by atoms with van der Waals surface area (Å²) < 4.78 is 24.7. The van der Waals surface area contributed by atoms with E-state index in [1.807, 2.05) is 23.1 Å². The standard InChI is InChI=1S/C27H31FN4O4/c1-18-29-16-26(36-18)22-8-7-21(15-25(22)35-2)30-11-13-31(14-12-30)27(34)32-10-9-24(33)23(17-32)19-3-5-20(28)6-4-19/h3,5,7-8,15-16,23H,4,6,9-14,17H2,1-2H3. The first-order chi connectivity index (χ1) is 17.4. The number of ketones is 1. The second kappa shape index (κ2) is 10.2. The number of hydrogen-bond donors (Lipinski definition) is 0. The number of nitrogens with zero attached hydrogens (tertiary/aromatic N) is 4. The normalized spacial score (nSPS) is 20.8. The molecule has 1 unspecified atom stereocenters. The van der Waals surface area contributed by atoms with Crippen molar-refractivity contribution < 1.29 is 23.1 Å². The van der Waals surface area contributed by atoms with Crippen molar-refractivity contribution in [1.82, 2.24) is 14.8 Å². The maximum absolute atomic E-state index is 13.4. The van der Waals surface area contributed by atoms with Crippen LogP contribution in [-0.2, 0) is 4.79 Å². The van der Waals surface area contributed by atoms with Gasteiger partial charge < -0.3 is 23.9 Å². The average Bonchev–Trinajstić information content (AvgIpc) is 3.35. The Morgan fingerprint density at radius 3 is 2.56 bits per heavy atom. The predicted octanol–water partition coefficient (Wildman–Crippen LogP) is 4.37. The Balaban J connectivity index is 1.21. The molecule has 190 valence electrons. The van der Waals surface area contributed by atoms with Gasteiger partial charge in [-0.1, -0.05) is 11.6 Å². The number of aromatic nitrogens is 1. The first-order valence-electron chi connectivity index (χ1n) is 12.4. The summed E-state index contributed by atoms with van der Waals surface area (Å²) in [4.78, 5) is 35.9. The summed E-state index contributed by atoms with van der Waals surface area (Å²) in [6, 6.07) is 5.96. The highest BCUT2D eigenvalue weighted by Gasteiger charge is 2.35. The van der Waals surface area contributed by atoms with Crippen molar-refractivity contribution in [3.8, 4) is 17.1 Å². The van der Waals surface area contributed by atoms with E-state index in [4.69, 9.17) is 9.15 Å². The second-order valence-corrected chi connectivity index (χ2v) is 9.45. The molecule has 2 saturated heterocycles. The van der Waals surface area contributed by atoms with Crippen molar-refractivity contribution in [2.75, 3.05) is 51.3 Å². The van der Waals surface area contributed by atoms with E-state index >= 15 is 0 Å². The van der Waals surface area contributed by atoms with Gasteiger partial charge >= 0.3 is 6.03 Å². The smallest absolute Gasteiger partial charge is 0.320 e. The highest BCUT2D eigenvalue weighted by Crippen LogP contribution is 2.34. The van der Waals surface area contributed by atoms with Gasteiger partial charge in [-0.3, -0.25) is 4.79 Å². The van der Waals surface area contributed by atoms with Crippen LogP contribution in [0, 0.1) is 12.8 Å². The molecule has 3 heterocycles. The number of hydrogen-bond acceptors (Lipinski definition) is 6. The molecular weight excluding hydrogens is 463 g/mol. The van der Waals surface area contributed by atoms with Crippen LogP contribution in [0.5, 0.6) is 5.75 Å². The zero-order chi connectivity index (χ0) is 25.2. The summed E-state index contributed by atoms with van der Waals surface area (Å²) in [7, 11) is 1.63. The lowest BCUT2D eigenvalue weighted by molar-refractivity contribution is -0.124. The number of anilines is 1. The second-order valence-electron chi connectivity index (χ2n) is 9.45. The molecule has 9 heteroatoms. The largest absolute Gasteiger partial charge is 0.496 e. The number of benzene rings is 1. The number of likely N-dealkylation sites (tertiary alicyclic amines) is 1. The number of methoxy groups -OCH3 is 1. The molecule has 1 aromatic heterocycles. The van der Waals surface area contributed by atoms with Gasteiger partial charge in [0, 0.05) is 70.8 Å². The number of oxazole rings is 1. The SMILES string of the molecule is COc1cc(N2CCN(C(=O)N3CCC(=O)C(C4=CC=C(F)CC4)C3)CC2)ccc1-c1cnc(C)o1. The zero-order valence-electron chi connectivity index (χ0n) is 20.7. The number of carbonyl (C=O) groups is 2. The van der Waals surface area contributed by atoms with E-state index in [9.17, 15) is 14.0 Å². The number of urea groups is 1. The fraction of sp³-hybridized carbons (Fsp3) is 0.444. The van der Waals surface area contributed by atoms with Crippen LogP contribution in [0.2, 0.25) is 0 Å². The lowest BCUT2D eigenvalue weighted by Gasteiger charge is -2.41. The number of rotatable bonds is 4. The first kappa shape index (κ1) is 24.1. The van der Waals surface area contributed by atoms with Gasteiger partial charge in [0.25, 0.3) is 0 Å². The van der Waals surface area contributed by atoms with Gasteiger partial charge in [-0.15, -0.1) is 0 Å². The van der Waals surface area contributed by atoms with E-state index in [1.165, 1.54) is 6.08 Å². The predicted molar refractivity (Wildman–Crippen MR) is 134 cm³/mol. The van der Waals surface area contributed by atoms with Crippen LogP contribution in [-0.4, -0.2) is 73.0 Å². The third-order valence-electron chi connectivity index (χ3n) is 7.26. The molecule has 2 aliphatic heterocycles. The highest BCUT2D eigenvalue weighted by molar-refractivity contribution is 5.87. The van der Waals surface area contributed by atoms with E-state index < -0.39 is 0 Å². The molecule has 1 atom stereocenters. The van der Waals surface area contributed by atoms with Crippen LogP contribution in [0.25, 0.3) is 11.3 Å². The van der Waals surface area contributed by atoms with Gasteiger partial charge in [-0.05, 0) is 24.6 Å². The summed E-state index contributed by atoms with van der Waals surface area (Å²) in [5.74, 6) is 1.62. The van der Waals surface area contributed by atoms with Crippen molar-refractivity contribution in [3.05, 3.63) is 53.8 Å². The Morgan fingerprint density at radius 1 is 1.08 bits per heavy atom. The van der Waals surface area contributed by atoms with E-state index in [-0.39, 0.29) is 23.6 Å². The third kappa shape index (κ3) is 4.87. The Labute approximate surface area is 210 Å². The molecule has 0 spiro atoms. The quantitative estimate of drug-likeness (QED) is 0.628. The summed E-state index contributed by atoms with van der Waals surface area (Å²) in [5.41, 5.74) is 2.80. The number of piperidine rings is 1. The van der Waals surface area contributed by atoms with Crippen molar-refractivity contribution in [3.63, 3.8) is 0 Å². The molecule has 5 rings (SSSR count). The number of piperazine rings is 1. The third-order valence-corrected chi connectivity index (χ3v) is 7.26. The molecular formula is C27H31FN4O4. The molecule has 2 amide bonds. The topological polar surface area (TPSA) is 79.1 Å². The van der Waals surface area contributed by atoms with Gasteiger partial charge in [0.05, 0.1) is 24.8 Å². The van der Waals surface area contributed by atoms with Crippen LogP contribution in [0.3, 0.4) is 0 Å². The molecule has 0 bridgehead atoms. The Kier molecular flexibility index (Phi) is 6.80. The molecule has 2 aromatic rings. The minimum Gasteiger partial charge on any atom is -0.496 e. The lowest BCUT2D eigenvalue weighted by atomic mass is 9.85. The number of ether oxygens (including phenoxy) is 1. The molecule has 0 N–H and O–H groups in total. The van der Waals surface area contributed by atoms with Crippen molar-refractivity contribution in [2.45, 2.75) is 26.2 Å². The molecule has 2 fully saturated rings. The average molecular weight is 495 g/mol. The minimum absolute atomic E-state index is 0.0288. The number of aryl methyl sites for hydroxylation is 1. The van der Waals surface area contributed by atoms with Crippen molar-refractivity contribution in [1.29, 1.82) is 0 Å².